The van der Waals surface area contributed by atoms with Crippen LogP contribution in [0.25, 0.3) is 0 Å². The molecule has 0 spiro atoms. The first-order valence-electron chi connectivity index (χ1n) is 5.27. The standard InChI is InChI=1S/C10H11N3O4S/c14-7-1-2-13(6-3-8(15)11-4-6)10(12-7)18-5-9(16)17/h1-2,6H,3-5H2,(H,11,15)(H,16,17). The van der Waals surface area contributed by atoms with Gasteiger partial charge in [0, 0.05) is 25.2 Å². The highest BCUT2D eigenvalue weighted by Crippen LogP contribution is 2.22. The molecule has 1 saturated heterocycles. The highest BCUT2D eigenvalue weighted by atomic mass is 32.2. The maximum absolute atomic E-state index is 11.2. The molecule has 0 saturated carbocycles. The van der Waals surface area contributed by atoms with Crippen LogP contribution in [0.4, 0.5) is 0 Å². The molecule has 1 fully saturated rings. The minimum absolute atomic E-state index is 0.0621. The normalized spacial score (nSPS) is 18.7. The predicted octanol–water partition coefficient (Wildman–Crippen LogP) is -0.519. The van der Waals surface area contributed by atoms with Crippen molar-refractivity contribution in [1.29, 1.82) is 0 Å². The molecule has 0 radical (unpaired) electrons. The highest BCUT2D eigenvalue weighted by molar-refractivity contribution is 7.99. The maximum Gasteiger partial charge on any atom is 0.313 e. The van der Waals surface area contributed by atoms with Gasteiger partial charge in [0.05, 0.1) is 11.8 Å². The molecule has 1 amide bonds. The molecule has 1 atom stereocenters. The number of carboxylic acids is 1. The quantitative estimate of drug-likeness (QED) is 0.563. The van der Waals surface area contributed by atoms with Gasteiger partial charge >= 0.3 is 5.97 Å². The molecule has 1 unspecified atom stereocenters. The largest absolute Gasteiger partial charge is 0.481 e. The molecule has 1 aliphatic heterocycles. The number of nitrogens with zero attached hydrogens (tertiary/aromatic N) is 2. The van der Waals surface area contributed by atoms with Crippen LogP contribution in [0.5, 0.6) is 0 Å². The zero-order valence-electron chi connectivity index (χ0n) is 9.33. The Balaban J connectivity index is 2.25. The zero-order chi connectivity index (χ0) is 13.1. The average molecular weight is 269 g/mol. The summed E-state index contributed by atoms with van der Waals surface area (Å²) in [4.78, 5) is 36.7. The molecule has 2 rings (SSSR count). The second-order valence-electron chi connectivity index (χ2n) is 3.80. The highest BCUT2D eigenvalue weighted by Gasteiger charge is 2.24. The number of carbonyl (C=O) groups is 2. The number of carbonyl (C=O) groups excluding carboxylic acids is 1. The number of thioether (sulfide) groups is 1. The third-order valence-electron chi connectivity index (χ3n) is 2.48. The summed E-state index contributed by atoms with van der Waals surface area (Å²) in [7, 11) is 0. The molecule has 0 aromatic carbocycles. The zero-order valence-corrected chi connectivity index (χ0v) is 10.1. The van der Waals surface area contributed by atoms with E-state index in [1.807, 2.05) is 0 Å². The lowest BCUT2D eigenvalue weighted by molar-refractivity contribution is -0.134. The predicted molar refractivity (Wildman–Crippen MR) is 63.5 cm³/mol. The van der Waals surface area contributed by atoms with Crippen molar-refractivity contribution in [1.82, 2.24) is 14.9 Å². The number of aromatic nitrogens is 2. The molecule has 2 N–H and O–H groups in total. The monoisotopic (exact) mass is 269 g/mol. The van der Waals surface area contributed by atoms with E-state index in [9.17, 15) is 14.4 Å². The molecule has 18 heavy (non-hydrogen) atoms. The van der Waals surface area contributed by atoms with E-state index in [0.29, 0.717) is 18.1 Å². The summed E-state index contributed by atoms with van der Waals surface area (Å²) < 4.78 is 1.67. The van der Waals surface area contributed by atoms with Crippen LogP contribution >= 0.6 is 11.8 Å². The van der Waals surface area contributed by atoms with Crippen molar-refractivity contribution in [2.24, 2.45) is 0 Å². The summed E-state index contributed by atoms with van der Waals surface area (Å²) >= 11 is 0.971. The van der Waals surface area contributed by atoms with Crippen molar-refractivity contribution in [3.8, 4) is 0 Å². The molecule has 96 valence electrons. The summed E-state index contributed by atoms with van der Waals surface area (Å²) in [6.07, 6.45) is 1.86. The van der Waals surface area contributed by atoms with E-state index in [1.165, 1.54) is 6.07 Å². The Labute approximate surface area is 106 Å². The third-order valence-corrected chi connectivity index (χ3v) is 3.43. The number of hydrogen-bond acceptors (Lipinski definition) is 5. The minimum Gasteiger partial charge on any atom is -0.481 e. The first kappa shape index (κ1) is 12.6. The van der Waals surface area contributed by atoms with Crippen molar-refractivity contribution >= 4 is 23.6 Å². The minimum atomic E-state index is -0.981. The van der Waals surface area contributed by atoms with E-state index in [4.69, 9.17) is 5.11 Å². The third kappa shape index (κ3) is 2.89. The molecule has 0 aliphatic carbocycles. The van der Waals surface area contributed by atoms with Crippen LogP contribution in [0.2, 0.25) is 0 Å². The van der Waals surface area contributed by atoms with Crippen LogP contribution in [0.1, 0.15) is 12.5 Å². The molecular weight excluding hydrogens is 258 g/mol. The van der Waals surface area contributed by atoms with Crippen molar-refractivity contribution in [3.05, 3.63) is 22.6 Å². The lowest BCUT2D eigenvalue weighted by Gasteiger charge is -2.15. The summed E-state index contributed by atoms with van der Waals surface area (Å²) in [5.41, 5.74) is -0.420. The van der Waals surface area contributed by atoms with Gasteiger partial charge in [0.25, 0.3) is 5.56 Å². The second kappa shape index (κ2) is 5.21. The Morgan fingerprint density at radius 2 is 2.39 bits per heavy atom. The van der Waals surface area contributed by atoms with Gasteiger partial charge in [-0.2, -0.15) is 4.98 Å². The number of nitrogens with one attached hydrogen (secondary N) is 1. The summed E-state index contributed by atoms with van der Waals surface area (Å²) in [5, 5.41) is 11.6. The van der Waals surface area contributed by atoms with E-state index < -0.39 is 11.5 Å². The van der Waals surface area contributed by atoms with Crippen LogP contribution in [0.3, 0.4) is 0 Å². The van der Waals surface area contributed by atoms with Crippen LogP contribution < -0.4 is 10.9 Å². The lowest BCUT2D eigenvalue weighted by atomic mass is 10.2. The molecule has 7 nitrogen and oxygen atoms in total. The van der Waals surface area contributed by atoms with Gasteiger partial charge in [0.1, 0.15) is 0 Å². The van der Waals surface area contributed by atoms with E-state index in [1.54, 1.807) is 10.8 Å². The van der Waals surface area contributed by atoms with Crippen molar-refractivity contribution < 1.29 is 14.7 Å². The van der Waals surface area contributed by atoms with Crippen LogP contribution in [-0.4, -0.2) is 38.8 Å². The van der Waals surface area contributed by atoms with E-state index in [-0.39, 0.29) is 17.7 Å². The number of carboxylic acid groups (broad SMARTS) is 1. The first-order valence-corrected chi connectivity index (χ1v) is 6.25. The fourth-order valence-electron chi connectivity index (χ4n) is 1.69. The van der Waals surface area contributed by atoms with Gasteiger partial charge in [-0.25, -0.2) is 0 Å². The molecule has 1 aliphatic rings. The molecule has 1 aromatic heterocycles. The van der Waals surface area contributed by atoms with Crippen LogP contribution in [-0.2, 0) is 9.59 Å². The Hall–Kier alpha value is -1.83. The van der Waals surface area contributed by atoms with Crippen molar-refractivity contribution in [2.75, 3.05) is 12.3 Å². The van der Waals surface area contributed by atoms with E-state index in [0.717, 1.165) is 11.8 Å². The smallest absolute Gasteiger partial charge is 0.313 e. The Morgan fingerprint density at radius 3 is 3.00 bits per heavy atom. The van der Waals surface area contributed by atoms with Crippen LogP contribution in [0.15, 0.2) is 22.2 Å². The molecule has 2 heterocycles. The topological polar surface area (TPSA) is 101 Å². The van der Waals surface area contributed by atoms with Crippen molar-refractivity contribution in [3.63, 3.8) is 0 Å². The Bertz CT molecular complexity index is 542. The lowest BCUT2D eigenvalue weighted by Crippen LogP contribution is -2.20. The van der Waals surface area contributed by atoms with Gasteiger partial charge in [-0.1, -0.05) is 11.8 Å². The second-order valence-corrected chi connectivity index (χ2v) is 4.74. The van der Waals surface area contributed by atoms with Gasteiger partial charge in [0.2, 0.25) is 5.91 Å². The molecular formula is C10H11N3O4S. The van der Waals surface area contributed by atoms with E-state index in [2.05, 4.69) is 10.3 Å². The SMILES string of the molecule is O=C(O)CSc1nc(=O)ccn1C1CNC(=O)C1. The van der Waals surface area contributed by atoms with Gasteiger partial charge in [-0.05, 0) is 0 Å². The fourth-order valence-corrected chi connectivity index (χ4v) is 2.46. The molecule has 8 heteroatoms. The number of amides is 1. The van der Waals surface area contributed by atoms with E-state index >= 15 is 0 Å². The van der Waals surface area contributed by atoms with Gasteiger partial charge in [-0.3, -0.25) is 14.4 Å². The van der Waals surface area contributed by atoms with Gasteiger partial charge in [-0.15, -0.1) is 0 Å². The number of hydrogen-bond donors (Lipinski definition) is 2. The maximum atomic E-state index is 11.2. The van der Waals surface area contributed by atoms with Crippen molar-refractivity contribution in [2.45, 2.75) is 17.6 Å². The number of aliphatic carboxylic acids is 1. The molecule has 0 bridgehead atoms. The fraction of sp³-hybridized carbons (Fsp3) is 0.400. The summed E-state index contributed by atoms with van der Waals surface area (Å²) in [5.74, 6) is -1.22. The molecule has 1 aromatic rings. The number of rotatable bonds is 4. The first-order chi connectivity index (χ1) is 8.56. The van der Waals surface area contributed by atoms with Crippen LogP contribution in [0, 0.1) is 0 Å². The Morgan fingerprint density at radius 1 is 1.61 bits per heavy atom. The van der Waals surface area contributed by atoms with Gasteiger partial charge < -0.3 is 15.0 Å². The van der Waals surface area contributed by atoms with Gasteiger partial charge in [0.15, 0.2) is 5.16 Å². The summed E-state index contributed by atoms with van der Waals surface area (Å²) in [6, 6.07) is 1.18. The Kier molecular flexibility index (Phi) is 3.66. The summed E-state index contributed by atoms with van der Waals surface area (Å²) in [6.45, 7) is 0.462. The average Bonchev–Trinajstić information content (AvgIpc) is 2.73.